The highest BCUT2D eigenvalue weighted by Gasteiger charge is 2.33. The maximum absolute atomic E-state index is 13.0. The Kier molecular flexibility index (Phi) is 4.35. The smallest absolute Gasteiger partial charge is 0.370 e. The van der Waals surface area contributed by atoms with Gasteiger partial charge in [-0.2, -0.15) is 24.5 Å². The van der Waals surface area contributed by atoms with E-state index < -0.39 is 11.7 Å². The molecule has 1 heterocycles. The van der Waals surface area contributed by atoms with Gasteiger partial charge in [0, 0.05) is 25.8 Å². The average molecular weight is 300 g/mol. The molecule has 0 amide bonds. The summed E-state index contributed by atoms with van der Waals surface area (Å²) in [5, 5.41) is 3.93. The molecular weight excluding hydrogens is 285 g/mol. The number of alkyl halides is 3. The van der Waals surface area contributed by atoms with E-state index in [0.29, 0.717) is 12.2 Å². The van der Waals surface area contributed by atoms with Crippen LogP contribution in [0, 0.1) is 0 Å². The van der Waals surface area contributed by atoms with Gasteiger partial charge >= 0.3 is 6.18 Å². The SMILES string of the molecule is CN(Cc1ccsc1)c1ccc(CN)c(C(F)(F)F)c1. The van der Waals surface area contributed by atoms with Crippen molar-refractivity contribution in [1.82, 2.24) is 0 Å². The minimum atomic E-state index is -4.38. The minimum absolute atomic E-state index is 0.116. The topological polar surface area (TPSA) is 29.3 Å². The van der Waals surface area contributed by atoms with Gasteiger partial charge in [-0.15, -0.1) is 0 Å². The Hall–Kier alpha value is -1.53. The van der Waals surface area contributed by atoms with Gasteiger partial charge in [0.25, 0.3) is 0 Å². The van der Waals surface area contributed by atoms with E-state index >= 15 is 0 Å². The number of nitrogens with two attached hydrogens (primary N) is 1. The van der Waals surface area contributed by atoms with E-state index in [4.69, 9.17) is 5.73 Å². The zero-order chi connectivity index (χ0) is 14.8. The van der Waals surface area contributed by atoms with Crippen molar-refractivity contribution in [3.8, 4) is 0 Å². The van der Waals surface area contributed by atoms with Crippen LogP contribution in [0.4, 0.5) is 18.9 Å². The first-order chi connectivity index (χ1) is 9.41. The first-order valence-electron chi connectivity index (χ1n) is 6.04. The Morgan fingerprint density at radius 1 is 1.25 bits per heavy atom. The van der Waals surface area contributed by atoms with E-state index in [-0.39, 0.29) is 12.1 Å². The van der Waals surface area contributed by atoms with Crippen LogP contribution in [0.15, 0.2) is 35.0 Å². The van der Waals surface area contributed by atoms with Crippen molar-refractivity contribution in [2.75, 3.05) is 11.9 Å². The molecule has 0 radical (unpaired) electrons. The molecule has 108 valence electrons. The molecule has 2 rings (SSSR count). The molecule has 2 nitrogen and oxygen atoms in total. The van der Waals surface area contributed by atoms with Crippen molar-refractivity contribution in [3.63, 3.8) is 0 Å². The molecule has 0 aliphatic carbocycles. The molecule has 2 aromatic rings. The van der Waals surface area contributed by atoms with Crippen molar-refractivity contribution < 1.29 is 13.2 Å². The first-order valence-corrected chi connectivity index (χ1v) is 6.98. The third-order valence-electron chi connectivity index (χ3n) is 3.06. The molecule has 0 saturated heterocycles. The standard InChI is InChI=1S/C14H15F3N2S/c1-19(8-10-4-5-20-9-10)12-3-2-11(7-18)13(6-12)14(15,16)17/h2-6,9H,7-8,18H2,1H3. The van der Waals surface area contributed by atoms with Gasteiger partial charge in [-0.05, 0) is 40.1 Å². The zero-order valence-electron chi connectivity index (χ0n) is 10.9. The summed E-state index contributed by atoms with van der Waals surface area (Å²) in [5.41, 5.74) is 6.44. The maximum atomic E-state index is 13.0. The lowest BCUT2D eigenvalue weighted by Gasteiger charge is -2.21. The zero-order valence-corrected chi connectivity index (χ0v) is 11.8. The maximum Gasteiger partial charge on any atom is 0.416 e. The lowest BCUT2D eigenvalue weighted by molar-refractivity contribution is -0.138. The van der Waals surface area contributed by atoms with Crippen molar-refractivity contribution in [1.29, 1.82) is 0 Å². The Morgan fingerprint density at radius 2 is 2.00 bits per heavy atom. The van der Waals surface area contributed by atoms with Crippen molar-refractivity contribution in [2.45, 2.75) is 19.3 Å². The molecule has 0 atom stereocenters. The van der Waals surface area contributed by atoms with Gasteiger partial charge in [0.15, 0.2) is 0 Å². The molecule has 6 heteroatoms. The summed E-state index contributed by atoms with van der Waals surface area (Å²) in [6.07, 6.45) is -4.38. The quantitative estimate of drug-likeness (QED) is 0.929. The lowest BCUT2D eigenvalue weighted by atomic mass is 10.1. The van der Waals surface area contributed by atoms with E-state index in [0.717, 1.165) is 11.6 Å². The fourth-order valence-electron chi connectivity index (χ4n) is 1.99. The highest BCUT2D eigenvalue weighted by molar-refractivity contribution is 7.07. The number of halogens is 3. The third kappa shape index (κ3) is 3.32. The fourth-order valence-corrected chi connectivity index (χ4v) is 2.65. The van der Waals surface area contributed by atoms with Crippen LogP contribution in [-0.2, 0) is 19.3 Å². The van der Waals surface area contributed by atoms with Crippen LogP contribution >= 0.6 is 11.3 Å². The molecule has 1 aromatic heterocycles. The van der Waals surface area contributed by atoms with Gasteiger partial charge in [0.1, 0.15) is 0 Å². The summed E-state index contributed by atoms with van der Waals surface area (Å²) in [5.74, 6) is 0. The number of benzene rings is 1. The van der Waals surface area contributed by atoms with Crippen LogP contribution in [0.1, 0.15) is 16.7 Å². The Morgan fingerprint density at radius 3 is 2.55 bits per heavy atom. The van der Waals surface area contributed by atoms with Gasteiger partial charge in [-0.1, -0.05) is 6.07 Å². The highest BCUT2D eigenvalue weighted by Crippen LogP contribution is 2.34. The monoisotopic (exact) mass is 300 g/mol. The minimum Gasteiger partial charge on any atom is -0.370 e. The van der Waals surface area contributed by atoms with Crippen LogP contribution in [0.3, 0.4) is 0 Å². The number of nitrogens with zero attached hydrogens (tertiary/aromatic N) is 1. The first kappa shape index (κ1) is 14.9. The molecule has 0 fully saturated rings. The normalized spacial score (nSPS) is 11.7. The number of rotatable bonds is 4. The molecule has 0 aliphatic rings. The lowest BCUT2D eigenvalue weighted by Crippen LogP contribution is -2.18. The van der Waals surface area contributed by atoms with Crippen LogP contribution in [0.5, 0.6) is 0 Å². The van der Waals surface area contributed by atoms with Crippen molar-refractivity contribution in [2.24, 2.45) is 5.73 Å². The number of thiophene rings is 1. The van der Waals surface area contributed by atoms with E-state index in [9.17, 15) is 13.2 Å². The fraction of sp³-hybridized carbons (Fsp3) is 0.286. The van der Waals surface area contributed by atoms with E-state index in [1.165, 1.54) is 6.07 Å². The molecule has 0 bridgehead atoms. The molecular formula is C14H15F3N2S. The Bertz CT molecular complexity index is 564. The summed E-state index contributed by atoms with van der Waals surface area (Å²) in [7, 11) is 1.77. The third-order valence-corrected chi connectivity index (χ3v) is 3.79. The molecule has 20 heavy (non-hydrogen) atoms. The van der Waals surface area contributed by atoms with Crippen LogP contribution in [0.25, 0.3) is 0 Å². The van der Waals surface area contributed by atoms with Crippen LogP contribution in [0.2, 0.25) is 0 Å². The van der Waals surface area contributed by atoms with Crippen LogP contribution < -0.4 is 10.6 Å². The van der Waals surface area contributed by atoms with Gasteiger partial charge in [-0.25, -0.2) is 0 Å². The average Bonchev–Trinajstić information content (AvgIpc) is 2.89. The molecule has 0 unspecified atom stereocenters. The Balaban J connectivity index is 2.28. The molecule has 2 N–H and O–H groups in total. The van der Waals surface area contributed by atoms with E-state index in [1.807, 2.05) is 16.8 Å². The van der Waals surface area contributed by atoms with Crippen molar-refractivity contribution in [3.05, 3.63) is 51.7 Å². The van der Waals surface area contributed by atoms with Gasteiger partial charge in [0.2, 0.25) is 0 Å². The van der Waals surface area contributed by atoms with Crippen LogP contribution in [-0.4, -0.2) is 7.05 Å². The highest BCUT2D eigenvalue weighted by atomic mass is 32.1. The molecule has 1 aromatic carbocycles. The van der Waals surface area contributed by atoms with Gasteiger partial charge in [0.05, 0.1) is 5.56 Å². The van der Waals surface area contributed by atoms with Gasteiger partial charge < -0.3 is 10.6 Å². The van der Waals surface area contributed by atoms with Gasteiger partial charge in [-0.3, -0.25) is 0 Å². The summed E-state index contributed by atoms with van der Waals surface area (Å²) >= 11 is 1.57. The second kappa shape index (κ2) is 5.85. The number of hydrogen-bond acceptors (Lipinski definition) is 3. The number of hydrogen-bond donors (Lipinski definition) is 1. The predicted octanol–water partition coefficient (Wildman–Crippen LogP) is 3.86. The second-order valence-corrected chi connectivity index (χ2v) is 5.31. The van der Waals surface area contributed by atoms with E-state index in [2.05, 4.69) is 0 Å². The van der Waals surface area contributed by atoms with E-state index in [1.54, 1.807) is 29.4 Å². The molecule has 0 spiro atoms. The summed E-state index contributed by atoms with van der Waals surface area (Å²) in [4.78, 5) is 1.79. The summed E-state index contributed by atoms with van der Waals surface area (Å²) in [6.45, 7) is 0.451. The predicted molar refractivity (Wildman–Crippen MR) is 75.8 cm³/mol. The summed E-state index contributed by atoms with van der Waals surface area (Å²) in [6, 6.07) is 6.24. The molecule has 0 aliphatic heterocycles. The summed E-state index contributed by atoms with van der Waals surface area (Å²) < 4.78 is 39.0. The number of anilines is 1. The Labute approximate surface area is 119 Å². The van der Waals surface area contributed by atoms with Crippen molar-refractivity contribution >= 4 is 17.0 Å². The second-order valence-electron chi connectivity index (χ2n) is 4.53. The largest absolute Gasteiger partial charge is 0.416 e. The molecule has 0 saturated carbocycles.